The van der Waals surface area contributed by atoms with Crippen LogP contribution in [0.25, 0.3) is 0 Å². The zero-order valence-corrected chi connectivity index (χ0v) is 16.5. The third-order valence-corrected chi connectivity index (χ3v) is 5.41. The second kappa shape index (κ2) is 7.88. The van der Waals surface area contributed by atoms with E-state index in [2.05, 4.69) is 32.9 Å². The van der Waals surface area contributed by atoms with Crippen LogP contribution in [0.5, 0.6) is 0 Å². The smallest absolute Gasteiger partial charge is 0.388 e. The van der Waals surface area contributed by atoms with Gasteiger partial charge in [0.1, 0.15) is 10.2 Å². The van der Waals surface area contributed by atoms with Gasteiger partial charge in [0.2, 0.25) is 0 Å². The fourth-order valence-electron chi connectivity index (χ4n) is 3.49. The summed E-state index contributed by atoms with van der Waals surface area (Å²) in [6.07, 6.45) is -1.46. The van der Waals surface area contributed by atoms with Crippen molar-refractivity contribution in [2.24, 2.45) is 11.1 Å². The molecule has 1 atom stereocenters. The van der Waals surface area contributed by atoms with Crippen LogP contribution < -0.4 is 0 Å². The van der Waals surface area contributed by atoms with Gasteiger partial charge in [-0.05, 0) is 66.5 Å². The maximum atomic E-state index is 12.6. The number of alkyl halides is 3. The number of benzene rings is 1. The van der Waals surface area contributed by atoms with Crippen LogP contribution in [0.3, 0.4) is 0 Å². The van der Waals surface area contributed by atoms with Crippen molar-refractivity contribution in [2.75, 3.05) is 13.1 Å². The van der Waals surface area contributed by atoms with E-state index in [-0.39, 0.29) is 19.1 Å². The van der Waals surface area contributed by atoms with Crippen LogP contribution >= 0.6 is 29.4 Å². The highest BCUT2D eigenvalue weighted by Crippen LogP contribution is 2.38. The summed E-state index contributed by atoms with van der Waals surface area (Å²) in [6, 6.07) is 5.46. The summed E-state index contributed by atoms with van der Waals surface area (Å²) in [4.78, 5) is 7.89. The van der Waals surface area contributed by atoms with Crippen molar-refractivity contribution in [3.05, 3.63) is 35.4 Å². The summed E-state index contributed by atoms with van der Waals surface area (Å²) in [6.45, 7) is 4.62. The van der Waals surface area contributed by atoms with Crippen molar-refractivity contribution < 1.29 is 18.0 Å². The molecule has 2 aliphatic rings. The lowest BCUT2D eigenvalue weighted by Crippen LogP contribution is -2.43. The Bertz CT molecular complexity index is 615. The molecule has 2 heterocycles. The van der Waals surface area contributed by atoms with Gasteiger partial charge in [-0.2, -0.15) is 26.7 Å². The Morgan fingerprint density at radius 1 is 1.24 bits per heavy atom. The zero-order valence-electron chi connectivity index (χ0n) is 13.9. The molecular weight excluding hydrogens is 417 g/mol. The summed E-state index contributed by atoms with van der Waals surface area (Å²) in [5.74, 6) is 0.445. The van der Waals surface area contributed by atoms with Gasteiger partial charge in [-0.1, -0.05) is 17.3 Å². The maximum absolute atomic E-state index is 12.6. The Morgan fingerprint density at radius 3 is 2.32 bits per heavy atom. The number of hydrogen-bond donors (Lipinski definition) is 0. The van der Waals surface area contributed by atoms with E-state index in [1.165, 1.54) is 0 Å². The number of oxime groups is 1. The van der Waals surface area contributed by atoms with Gasteiger partial charge in [-0.15, -0.1) is 0 Å². The summed E-state index contributed by atoms with van der Waals surface area (Å²) in [5.41, 5.74) is 0.0805. The number of rotatable bonds is 3. The molecular formula is C17H22BrF3N2OS. The van der Waals surface area contributed by atoms with Crippen molar-refractivity contribution >= 4 is 34.0 Å². The number of nitrogens with zero attached hydrogens (tertiary/aromatic N) is 2. The van der Waals surface area contributed by atoms with Gasteiger partial charge in [-0.3, -0.25) is 4.90 Å². The average molecular weight is 439 g/mol. The molecule has 0 aliphatic carbocycles. The highest BCUT2D eigenvalue weighted by Gasteiger charge is 2.42. The molecule has 0 aromatic heterocycles. The highest BCUT2D eigenvalue weighted by atomic mass is 79.9. The van der Waals surface area contributed by atoms with E-state index >= 15 is 0 Å². The lowest BCUT2D eigenvalue weighted by Gasteiger charge is -2.38. The van der Waals surface area contributed by atoms with Gasteiger partial charge < -0.3 is 4.84 Å². The van der Waals surface area contributed by atoms with Crippen LogP contribution in [0.15, 0.2) is 29.4 Å². The standard InChI is InChI=1S/C17H20BrF3N2O.H2S/c1-16(10-15(18)22-24-16)13-6-8-23(9-7-13)11-12-2-4-14(5-3-12)17(19,20)21;/h2-5,13H,6-11H2,1H3;1H2/t16-;/m0./s1. The lowest BCUT2D eigenvalue weighted by molar-refractivity contribution is -0.137. The first kappa shape index (κ1) is 20.6. The Morgan fingerprint density at radius 2 is 1.84 bits per heavy atom. The number of hydrogen-bond acceptors (Lipinski definition) is 3. The summed E-state index contributed by atoms with van der Waals surface area (Å²) < 4.78 is 38.7. The molecule has 0 saturated carbocycles. The molecule has 2 aliphatic heterocycles. The van der Waals surface area contributed by atoms with E-state index in [1.54, 1.807) is 12.1 Å². The van der Waals surface area contributed by atoms with Gasteiger partial charge in [0.15, 0.2) is 0 Å². The lowest BCUT2D eigenvalue weighted by atomic mass is 9.80. The fourth-order valence-corrected chi connectivity index (χ4v) is 4.12. The molecule has 25 heavy (non-hydrogen) atoms. The molecule has 1 saturated heterocycles. The largest absolute Gasteiger partial charge is 0.416 e. The third kappa shape index (κ3) is 4.92. The van der Waals surface area contributed by atoms with Crippen LogP contribution in [-0.4, -0.2) is 28.2 Å². The van der Waals surface area contributed by atoms with Crippen molar-refractivity contribution in [1.29, 1.82) is 0 Å². The van der Waals surface area contributed by atoms with Gasteiger partial charge in [0.05, 0.1) is 5.56 Å². The predicted molar refractivity (Wildman–Crippen MR) is 100 cm³/mol. The minimum atomic E-state index is -4.27. The molecule has 1 aromatic carbocycles. The van der Waals surface area contributed by atoms with E-state index < -0.39 is 11.7 Å². The van der Waals surface area contributed by atoms with Crippen molar-refractivity contribution in [3.8, 4) is 0 Å². The molecule has 140 valence electrons. The third-order valence-electron chi connectivity index (χ3n) is 4.99. The summed E-state index contributed by atoms with van der Waals surface area (Å²) in [7, 11) is 0. The molecule has 0 radical (unpaired) electrons. The van der Waals surface area contributed by atoms with Gasteiger partial charge >= 0.3 is 6.18 Å². The monoisotopic (exact) mass is 438 g/mol. The van der Waals surface area contributed by atoms with Gasteiger partial charge in [0.25, 0.3) is 0 Å². The number of piperidine rings is 1. The Labute approximate surface area is 161 Å². The summed E-state index contributed by atoms with van der Waals surface area (Å²) in [5, 5.41) is 4.01. The molecule has 1 fully saturated rings. The van der Waals surface area contributed by atoms with Crippen molar-refractivity contribution in [2.45, 2.75) is 44.5 Å². The minimum Gasteiger partial charge on any atom is -0.388 e. The number of likely N-dealkylation sites (tertiary alicyclic amines) is 1. The molecule has 0 N–H and O–H groups in total. The maximum Gasteiger partial charge on any atom is 0.416 e. The molecule has 1 aromatic rings. The minimum absolute atomic E-state index is 0. The Hall–Kier alpha value is -0.730. The molecule has 8 heteroatoms. The van der Waals surface area contributed by atoms with E-state index in [1.807, 2.05) is 0 Å². The van der Waals surface area contributed by atoms with Crippen LogP contribution in [0.4, 0.5) is 13.2 Å². The predicted octanol–water partition coefficient (Wildman–Crippen LogP) is 4.92. The van der Waals surface area contributed by atoms with E-state index in [0.717, 1.165) is 54.7 Å². The normalized spacial score (nSPS) is 25.2. The first-order chi connectivity index (χ1) is 11.3. The molecule has 0 amide bonds. The SMILES string of the molecule is C[C@@]1(C2CCN(Cc3ccc(C(F)(F)F)cc3)CC2)CC(Br)=NO1.S. The van der Waals surface area contributed by atoms with E-state index in [0.29, 0.717) is 12.5 Å². The summed E-state index contributed by atoms with van der Waals surface area (Å²) >= 11 is 3.39. The first-order valence-corrected chi connectivity index (χ1v) is 8.85. The van der Waals surface area contributed by atoms with Crippen molar-refractivity contribution in [1.82, 2.24) is 4.90 Å². The number of halogens is 4. The van der Waals surface area contributed by atoms with E-state index in [9.17, 15) is 13.2 Å². The second-order valence-corrected chi connectivity index (χ2v) is 7.71. The average Bonchev–Trinajstić information content (AvgIpc) is 2.88. The van der Waals surface area contributed by atoms with Crippen LogP contribution in [0, 0.1) is 5.92 Å². The molecule has 0 unspecified atom stereocenters. The van der Waals surface area contributed by atoms with E-state index in [4.69, 9.17) is 4.84 Å². The Balaban J connectivity index is 0.00000225. The molecule has 3 nitrogen and oxygen atoms in total. The fraction of sp³-hybridized carbons (Fsp3) is 0.588. The molecule has 3 rings (SSSR count). The van der Waals surface area contributed by atoms with Crippen LogP contribution in [-0.2, 0) is 17.6 Å². The first-order valence-electron chi connectivity index (χ1n) is 8.05. The molecule has 0 bridgehead atoms. The van der Waals surface area contributed by atoms with Crippen molar-refractivity contribution in [3.63, 3.8) is 0 Å². The van der Waals surface area contributed by atoms with Crippen LogP contribution in [0.1, 0.15) is 37.3 Å². The van der Waals surface area contributed by atoms with Gasteiger partial charge in [-0.25, -0.2) is 0 Å². The Kier molecular flexibility index (Phi) is 6.49. The molecule has 0 spiro atoms. The zero-order chi connectivity index (χ0) is 17.4. The topological polar surface area (TPSA) is 24.8 Å². The second-order valence-electron chi connectivity index (χ2n) is 6.79. The highest BCUT2D eigenvalue weighted by molar-refractivity contribution is 9.18. The quantitative estimate of drug-likeness (QED) is 0.668. The van der Waals surface area contributed by atoms with Crippen LogP contribution in [0.2, 0.25) is 0 Å². The van der Waals surface area contributed by atoms with Gasteiger partial charge in [0, 0.05) is 18.9 Å².